The highest BCUT2D eigenvalue weighted by atomic mass is 19.1. The highest BCUT2D eigenvalue weighted by molar-refractivity contribution is 5.93. The largest absolute Gasteiger partial charge is 0.481 e. The van der Waals surface area contributed by atoms with E-state index in [9.17, 15) is 24.2 Å². The second kappa shape index (κ2) is 10.5. The molecule has 3 aromatic rings. The summed E-state index contributed by atoms with van der Waals surface area (Å²) >= 11 is 0. The molecule has 0 saturated heterocycles. The highest BCUT2D eigenvalue weighted by Gasteiger charge is 2.36. The third-order valence-electron chi connectivity index (χ3n) is 6.21. The maximum Gasteiger partial charge on any atom is 0.305 e. The Morgan fingerprint density at radius 1 is 1.11 bits per heavy atom. The molecule has 0 bridgehead atoms. The Labute approximate surface area is 209 Å². The van der Waals surface area contributed by atoms with E-state index in [0.717, 1.165) is 5.56 Å². The number of aromatic nitrogens is 2. The number of amides is 1. The monoisotopic (exact) mass is 497 g/mol. The number of benzene rings is 2. The van der Waals surface area contributed by atoms with Crippen molar-refractivity contribution in [1.82, 2.24) is 15.1 Å². The molecule has 0 spiro atoms. The quantitative estimate of drug-likeness (QED) is 0.403. The van der Waals surface area contributed by atoms with Gasteiger partial charge in [0.1, 0.15) is 18.0 Å². The van der Waals surface area contributed by atoms with Crippen molar-refractivity contribution in [3.05, 3.63) is 77.2 Å². The number of rotatable bonds is 9. The number of carbonyl (C=O) groups excluding carboxylic acids is 1. The lowest BCUT2D eigenvalue weighted by Crippen LogP contribution is -2.45. The predicted octanol–water partition coefficient (Wildman–Crippen LogP) is 4.44. The van der Waals surface area contributed by atoms with Crippen molar-refractivity contribution in [2.45, 2.75) is 52.7 Å². The Balaban J connectivity index is 1.95. The van der Waals surface area contributed by atoms with Crippen molar-refractivity contribution in [2.24, 2.45) is 5.41 Å². The number of aliphatic carboxylic acids is 1. The van der Waals surface area contributed by atoms with Gasteiger partial charge in [-0.05, 0) is 43.0 Å². The van der Waals surface area contributed by atoms with Crippen LogP contribution >= 0.6 is 0 Å². The summed E-state index contributed by atoms with van der Waals surface area (Å²) < 4.78 is 21.1. The molecule has 36 heavy (non-hydrogen) atoms. The van der Waals surface area contributed by atoms with Gasteiger partial charge in [0.05, 0.1) is 18.2 Å². The summed E-state index contributed by atoms with van der Waals surface area (Å²) in [6, 6.07) is 13.4. The van der Waals surface area contributed by atoms with Gasteiger partial charge in [0, 0.05) is 6.07 Å². The Morgan fingerprint density at radius 2 is 1.81 bits per heavy atom. The van der Waals surface area contributed by atoms with Crippen LogP contribution in [0.1, 0.15) is 61.8 Å². The number of ether oxygens (including phenoxy) is 1. The minimum absolute atomic E-state index is 0.0484. The molecule has 0 aliphatic heterocycles. The molecule has 1 amide bonds. The molecule has 0 aliphatic rings. The van der Waals surface area contributed by atoms with Crippen molar-refractivity contribution in [1.29, 1.82) is 0 Å². The summed E-state index contributed by atoms with van der Waals surface area (Å²) in [5.74, 6) is -2.06. The Bertz CT molecular complexity index is 1250. The Hall–Kier alpha value is -3.72. The lowest BCUT2D eigenvalue weighted by Gasteiger charge is -2.36. The Morgan fingerprint density at radius 3 is 2.42 bits per heavy atom. The van der Waals surface area contributed by atoms with E-state index in [0.29, 0.717) is 11.3 Å². The summed E-state index contributed by atoms with van der Waals surface area (Å²) in [6.45, 7) is 9.01. The minimum atomic E-state index is -1.22. The number of carboxylic acids is 1. The molecule has 3 rings (SSSR count). The van der Waals surface area contributed by atoms with Crippen LogP contribution in [0.4, 0.5) is 4.39 Å². The van der Waals surface area contributed by atoms with Gasteiger partial charge in [-0.3, -0.25) is 9.59 Å². The maximum atomic E-state index is 13.9. The summed E-state index contributed by atoms with van der Waals surface area (Å²) in [4.78, 5) is 24.6. The number of halogens is 1. The van der Waals surface area contributed by atoms with Crippen LogP contribution in [0.3, 0.4) is 0 Å². The van der Waals surface area contributed by atoms with Crippen LogP contribution in [0.5, 0.6) is 5.88 Å². The van der Waals surface area contributed by atoms with Gasteiger partial charge in [0.25, 0.3) is 5.91 Å². The number of aryl methyl sites for hydroxylation is 1. The topological polar surface area (TPSA) is 114 Å². The van der Waals surface area contributed by atoms with Gasteiger partial charge in [-0.2, -0.15) is 5.10 Å². The molecule has 0 saturated carbocycles. The molecule has 3 N–H and O–H groups in total. The number of carbonyl (C=O) groups is 2. The fourth-order valence-electron chi connectivity index (χ4n) is 3.35. The molecule has 1 heterocycles. The standard InChI is InChI=1S/C27H32FN3O5/c1-17-8-6-9-18(12-17)21(15-24(32)33)29-25(34)22-14-23(36-16-27(5,35)26(2,3)4)31(30-22)20-11-7-10-19(28)13-20/h6-14,21,35H,15-16H2,1-5H3,(H,29,34)(H,32,33). The zero-order valence-electron chi connectivity index (χ0n) is 21.1. The van der Waals surface area contributed by atoms with Crippen molar-refractivity contribution in [2.75, 3.05) is 6.61 Å². The van der Waals surface area contributed by atoms with Gasteiger partial charge in [-0.15, -0.1) is 0 Å². The lowest BCUT2D eigenvalue weighted by atomic mass is 9.78. The zero-order chi connectivity index (χ0) is 26.7. The first-order valence-corrected chi connectivity index (χ1v) is 11.6. The minimum Gasteiger partial charge on any atom is -0.481 e. The SMILES string of the molecule is Cc1cccc(C(CC(=O)O)NC(=O)c2cc(OCC(C)(O)C(C)(C)C)n(-c3cccc(F)c3)n2)c1. The highest BCUT2D eigenvalue weighted by Crippen LogP contribution is 2.31. The first kappa shape index (κ1) is 26.9. The lowest BCUT2D eigenvalue weighted by molar-refractivity contribution is -0.137. The average molecular weight is 498 g/mol. The fraction of sp³-hybridized carbons (Fsp3) is 0.370. The van der Waals surface area contributed by atoms with Crippen molar-refractivity contribution in [3.8, 4) is 11.6 Å². The van der Waals surface area contributed by atoms with E-state index in [1.807, 2.05) is 39.8 Å². The first-order chi connectivity index (χ1) is 16.8. The van der Waals surface area contributed by atoms with Gasteiger partial charge in [-0.1, -0.05) is 56.7 Å². The van der Waals surface area contributed by atoms with E-state index in [2.05, 4.69) is 10.4 Å². The summed E-state index contributed by atoms with van der Waals surface area (Å²) in [5, 5.41) is 27.3. The molecule has 0 aliphatic carbocycles. The summed E-state index contributed by atoms with van der Waals surface area (Å²) in [6.07, 6.45) is -0.322. The third-order valence-corrected chi connectivity index (χ3v) is 6.21. The average Bonchev–Trinajstić information content (AvgIpc) is 3.21. The molecule has 2 unspecified atom stereocenters. The van der Waals surface area contributed by atoms with Gasteiger partial charge >= 0.3 is 5.97 Å². The summed E-state index contributed by atoms with van der Waals surface area (Å²) in [5.41, 5.74) is 0.119. The van der Waals surface area contributed by atoms with Gasteiger partial charge in [-0.25, -0.2) is 9.07 Å². The van der Waals surface area contributed by atoms with Crippen LogP contribution in [0.15, 0.2) is 54.6 Å². The summed E-state index contributed by atoms with van der Waals surface area (Å²) in [7, 11) is 0. The van der Waals surface area contributed by atoms with E-state index in [-0.39, 0.29) is 24.6 Å². The number of nitrogens with zero attached hydrogens (tertiary/aromatic N) is 2. The Kier molecular flexibility index (Phi) is 7.83. The zero-order valence-corrected chi connectivity index (χ0v) is 21.1. The van der Waals surface area contributed by atoms with Crippen molar-refractivity contribution < 1.29 is 28.9 Å². The number of aliphatic hydroxyl groups is 1. The molecule has 2 aromatic carbocycles. The second-order valence-electron chi connectivity index (χ2n) is 10.1. The molecule has 8 nitrogen and oxygen atoms in total. The smallest absolute Gasteiger partial charge is 0.305 e. The second-order valence-corrected chi connectivity index (χ2v) is 10.1. The molecular weight excluding hydrogens is 465 g/mol. The number of nitrogens with one attached hydrogen (secondary N) is 1. The molecule has 0 fully saturated rings. The molecule has 9 heteroatoms. The van der Waals surface area contributed by atoms with Gasteiger partial charge in [0.2, 0.25) is 5.88 Å². The van der Waals surface area contributed by atoms with Crippen LogP contribution in [-0.2, 0) is 4.79 Å². The van der Waals surface area contributed by atoms with Crippen LogP contribution < -0.4 is 10.1 Å². The maximum absolute atomic E-state index is 13.9. The normalized spacial score (nSPS) is 14.1. The van der Waals surface area contributed by atoms with Crippen LogP contribution in [-0.4, -0.2) is 44.1 Å². The third kappa shape index (κ3) is 6.48. The van der Waals surface area contributed by atoms with E-state index >= 15 is 0 Å². The molecule has 0 radical (unpaired) electrons. The number of hydrogen-bond donors (Lipinski definition) is 3. The number of hydrogen-bond acceptors (Lipinski definition) is 5. The van der Waals surface area contributed by atoms with Crippen LogP contribution in [0.2, 0.25) is 0 Å². The predicted molar refractivity (Wildman–Crippen MR) is 133 cm³/mol. The number of carboxylic acid groups (broad SMARTS) is 1. The van der Waals surface area contributed by atoms with Crippen LogP contribution in [0, 0.1) is 18.2 Å². The fourth-order valence-corrected chi connectivity index (χ4v) is 3.35. The molecule has 1 aromatic heterocycles. The van der Waals surface area contributed by atoms with E-state index in [1.54, 1.807) is 25.1 Å². The van der Waals surface area contributed by atoms with E-state index in [1.165, 1.54) is 28.9 Å². The van der Waals surface area contributed by atoms with Crippen molar-refractivity contribution >= 4 is 11.9 Å². The molecule has 2 atom stereocenters. The van der Waals surface area contributed by atoms with Crippen molar-refractivity contribution in [3.63, 3.8) is 0 Å². The molecule has 192 valence electrons. The molecular formula is C27H32FN3O5. The van der Waals surface area contributed by atoms with E-state index in [4.69, 9.17) is 4.74 Å². The van der Waals surface area contributed by atoms with E-state index < -0.39 is 34.8 Å². The van der Waals surface area contributed by atoms with Gasteiger partial charge in [0.15, 0.2) is 5.69 Å². The van der Waals surface area contributed by atoms with Crippen LogP contribution in [0.25, 0.3) is 5.69 Å². The first-order valence-electron chi connectivity index (χ1n) is 11.6. The van der Waals surface area contributed by atoms with Gasteiger partial charge < -0.3 is 20.3 Å².